The average molecular weight is 300 g/mol. The van der Waals surface area contributed by atoms with Crippen LogP contribution in [0.2, 0.25) is 5.02 Å². The van der Waals surface area contributed by atoms with Gasteiger partial charge in [-0.3, -0.25) is 0 Å². The summed E-state index contributed by atoms with van der Waals surface area (Å²) in [7, 11) is 3.19. The lowest BCUT2D eigenvalue weighted by Gasteiger charge is -2.16. The topological polar surface area (TPSA) is 44.5 Å². The molecule has 3 nitrogen and oxygen atoms in total. The van der Waals surface area contributed by atoms with E-state index in [1.165, 1.54) is 25.7 Å². The minimum absolute atomic E-state index is 0.00562. The first kappa shape index (κ1) is 17.1. The van der Waals surface area contributed by atoms with E-state index in [0.717, 1.165) is 18.4 Å². The SMILES string of the molecule is CCCCCCCC(N)c1cc(Cl)c(OC)c(OC)c1. The first-order chi connectivity index (χ1) is 9.63. The third-order valence-electron chi connectivity index (χ3n) is 3.50. The van der Waals surface area contributed by atoms with Crippen LogP contribution in [-0.4, -0.2) is 14.2 Å². The number of methoxy groups -OCH3 is 2. The molecule has 2 N–H and O–H groups in total. The summed E-state index contributed by atoms with van der Waals surface area (Å²) < 4.78 is 10.5. The van der Waals surface area contributed by atoms with Gasteiger partial charge in [-0.05, 0) is 24.1 Å². The summed E-state index contributed by atoms with van der Waals surface area (Å²) >= 11 is 6.20. The molecule has 1 atom stereocenters. The Labute approximate surface area is 127 Å². The van der Waals surface area contributed by atoms with Gasteiger partial charge in [-0.2, -0.15) is 0 Å². The molecule has 0 saturated carbocycles. The zero-order chi connectivity index (χ0) is 15.0. The molecule has 1 aromatic carbocycles. The fourth-order valence-corrected chi connectivity index (χ4v) is 2.58. The monoisotopic (exact) mass is 299 g/mol. The van der Waals surface area contributed by atoms with Crippen LogP contribution in [0.3, 0.4) is 0 Å². The van der Waals surface area contributed by atoms with Crippen LogP contribution in [-0.2, 0) is 0 Å². The number of nitrogens with two attached hydrogens (primary N) is 1. The van der Waals surface area contributed by atoms with Crippen molar-refractivity contribution >= 4 is 11.6 Å². The van der Waals surface area contributed by atoms with Crippen molar-refractivity contribution < 1.29 is 9.47 Å². The first-order valence-corrected chi connectivity index (χ1v) is 7.68. The molecule has 0 saturated heterocycles. The number of hydrogen-bond acceptors (Lipinski definition) is 3. The van der Waals surface area contributed by atoms with E-state index in [1.807, 2.05) is 12.1 Å². The predicted molar refractivity (Wildman–Crippen MR) is 84.9 cm³/mol. The van der Waals surface area contributed by atoms with E-state index in [1.54, 1.807) is 14.2 Å². The lowest BCUT2D eigenvalue weighted by atomic mass is 10.00. The Morgan fingerprint density at radius 3 is 2.40 bits per heavy atom. The van der Waals surface area contributed by atoms with Crippen molar-refractivity contribution in [1.29, 1.82) is 0 Å². The molecule has 20 heavy (non-hydrogen) atoms. The van der Waals surface area contributed by atoms with Crippen molar-refractivity contribution in [3.8, 4) is 11.5 Å². The molecule has 0 fully saturated rings. The van der Waals surface area contributed by atoms with Gasteiger partial charge >= 0.3 is 0 Å². The fourth-order valence-electron chi connectivity index (χ4n) is 2.29. The molecule has 1 aromatic rings. The Bertz CT molecular complexity index is 410. The number of hydrogen-bond donors (Lipinski definition) is 1. The Kier molecular flexibility index (Phi) is 7.78. The second-order valence-electron chi connectivity index (χ2n) is 5.05. The van der Waals surface area contributed by atoms with E-state index in [9.17, 15) is 0 Å². The van der Waals surface area contributed by atoms with Gasteiger partial charge in [0.15, 0.2) is 11.5 Å². The summed E-state index contributed by atoms with van der Waals surface area (Å²) in [5.74, 6) is 1.20. The van der Waals surface area contributed by atoms with Crippen molar-refractivity contribution in [2.24, 2.45) is 5.73 Å². The molecule has 114 valence electrons. The van der Waals surface area contributed by atoms with E-state index < -0.39 is 0 Å². The van der Waals surface area contributed by atoms with Crippen LogP contribution in [0.15, 0.2) is 12.1 Å². The summed E-state index contributed by atoms with van der Waals surface area (Å²) in [6, 6.07) is 3.79. The molecule has 0 aliphatic rings. The third kappa shape index (κ3) is 4.88. The molecule has 0 aromatic heterocycles. The van der Waals surface area contributed by atoms with Gasteiger partial charge in [-0.1, -0.05) is 50.6 Å². The highest BCUT2D eigenvalue weighted by molar-refractivity contribution is 6.32. The van der Waals surface area contributed by atoms with Gasteiger partial charge in [-0.15, -0.1) is 0 Å². The Hall–Kier alpha value is -0.930. The molecular formula is C16H26ClNO2. The Morgan fingerprint density at radius 2 is 1.80 bits per heavy atom. The van der Waals surface area contributed by atoms with Gasteiger partial charge < -0.3 is 15.2 Å². The maximum atomic E-state index is 6.24. The predicted octanol–water partition coefficient (Wildman–Crippen LogP) is 4.72. The first-order valence-electron chi connectivity index (χ1n) is 7.31. The van der Waals surface area contributed by atoms with Crippen molar-refractivity contribution in [2.45, 2.75) is 51.5 Å². The second-order valence-corrected chi connectivity index (χ2v) is 5.45. The highest BCUT2D eigenvalue weighted by Gasteiger charge is 2.14. The number of halogens is 1. The number of ether oxygens (including phenoxy) is 2. The second kappa shape index (κ2) is 9.09. The summed E-state index contributed by atoms with van der Waals surface area (Å²) in [6.07, 6.45) is 7.20. The minimum atomic E-state index is -0.00562. The lowest BCUT2D eigenvalue weighted by molar-refractivity contribution is 0.354. The Morgan fingerprint density at radius 1 is 1.10 bits per heavy atom. The van der Waals surface area contributed by atoms with E-state index in [4.69, 9.17) is 26.8 Å². The van der Waals surface area contributed by atoms with Crippen LogP contribution >= 0.6 is 11.6 Å². The lowest BCUT2D eigenvalue weighted by Crippen LogP contribution is -2.10. The van der Waals surface area contributed by atoms with Crippen molar-refractivity contribution in [3.63, 3.8) is 0 Å². The van der Waals surface area contributed by atoms with Crippen LogP contribution in [0.25, 0.3) is 0 Å². The maximum absolute atomic E-state index is 6.24. The van der Waals surface area contributed by atoms with E-state index in [2.05, 4.69) is 6.92 Å². The van der Waals surface area contributed by atoms with Gasteiger partial charge in [0, 0.05) is 6.04 Å². The van der Waals surface area contributed by atoms with Gasteiger partial charge in [0.05, 0.1) is 19.2 Å². The van der Waals surface area contributed by atoms with E-state index >= 15 is 0 Å². The van der Waals surface area contributed by atoms with Crippen LogP contribution in [0.4, 0.5) is 0 Å². The standard InChI is InChI=1S/C16H26ClNO2/c1-4-5-6-7-8-9-14(18)12-10-13(17)16(20-3)15(11-12)19-2/h10-11,14H,4-9,18H2,1-3H3. The summed E-state index contributed by atoms with van der Waals surface area (Å²) in [5.41, 5.74) is 7.24. The van der Waals surface area contributed by atoms with Gasteiger partial charge in [0.2, 0.25) is 0 Å². The van der Waals surface area contributed by atoms with Gasteiger partial charge in [0.1, 0.15) is 0 Å². The number of unbranched alkanes of at least 4 members (excludes halogenated alkanes) is 4. The van der Waals surface area contributed by atoms with E-state index in [-0.39, 0.29) is 6.04 Å². The van der Waals surface area contributed by atoms with Crippen LogP contribution in [0.1, 0.15) is 57.1 Å². The molecule has 4 heteroatoms. The molecular weight excluding hydrogens is 274 g/mol. The molecule has 1 rings (SSSR count). The molecule has 0 bridgehead atoms. The smallest absolute Gasteiger partial charge is 0.179 e. The molecule has 0 radical (unpaired) electrons. The zero-order valence-corrected chi connectivity index (χ0v) is 13.5. The maximum Gasteiger partial charge on any atom is 0.179 e. The molecule has 0 amide bonds. The summed E-state index contributed by atoms with van der Waals surface area (Å²) in [4.78, 5) is 0. The normalized spacial score (nSPS) is 12.2. The van der Waals surface area contributed by atoms with E-state index in [0.29, 0.717) is 16.5 Å². The highest BCUT2D eigenvalue weighted by atomic mass is 35.5. The zero-order valence-electron chi connectivity index (χ0n) is 12.7. The summed E-state index contributed by atoms with van der Waals surface area (Å²) in [5, 5.41) is 0.545. The van der Waals surface area contributed by atoms with Crippen molar-refractivity contribution in [3.05, 3.63) is 22.7 Å². The average Bonchev–Trinajstić information content (AvgIpc) is 2.45. The minimum Gasteiger partial charge on any atom is -0.493 e. The third-order valence-corrected chi connectivity index (χ3v) is 3.78. The number of benzene rings is 1. The molecule has 0 spiro atoms. The molecule has 0 heterocycles. The van der Waals surface area contributed by atoms with Crippen LogP contribution < -0.4 is 15.2 Å². The summed E-state index contributed by atoms with van der Waals surface area (Å²) in [6.45, 7) is 2.22. The quantitative estimate of drug-likeness (QED) is 0.671. The number of rotatable bonds is 9. The molecule has 1 unspecified atom stereocenters. The van der Waals surface area contributed by atoms with Gasteiger partial charge in [0.25, 0.3) is 0 Å². The Balaban J connectivity index is 2.64. The van der Waals surface area contributed by atoms with Gasteiger partial charge in [-0.25, -0.2) is 0 Å². The molecule has 0 aliphatic carbocycles. The largest absolute Gasteiger partial charge is 0.493 e. The van der Waals surface area contributed by atoms with Crippen molar-refractivity contribution in [2.75, 3.05) is 14.2 Å². The van der Waals surface area contributed by atoms with Crippen molar-refractivity contribution in [1.82, 2.24) is 0 Å². The van der Waals surface area contributed by atoms with Crippen LogP contribution in [0.5, 0.6) is 11.5 Å². The molecule has 0 aliphatic heterocycles. The highest BCUT2D eigenvalue weighted by Crippen LogP contribution is 2.37. The van der Waals surface area contributed by atoms with Crippen LogP contribution in [0, 0.1) is 0 Å². The fraction of sp³-hybridized carbons (Fsp3) is 0.625.